The summed E-state index contributed by atoms with van der Waals surface area (Å²) in [5, 5.41) is 9.53. The van der Waals surface area contributed by atoms with Crippen molar-refractivity contribution in [2.24, 2.45) is 5.92 Å². The molecule has 1 aromatic heterocycles. The fourth-order valence-electron chi connectivity index (χ4n) is 3.69. The number of aromatic nitrogens is 3. The zero-order chi connectivity index (χ0) is 24.8. The first kappa shape index (κ1) is 25.6. The molecule has 0 aliphatic rings. The average Bonchev–Trinajstić information content (AvgIpc) is 3.20. The number of hydrogen-bond acceptors (Lipinski definition) is 7. The van der Waals surface area contributed by atoms with Gasteiger partial charge in [0.15, 0.2) is 22.9 Å². The van der Waals surface area contributed by atoms with Crippen molar-refractivity contribution in [2.45, 2.75) is 52.4 Å². The molecular formula is C26H33N3O4S. The molecule has 0 N–H and O–H groups in total. The number of Topliss-reactive ketones (excluding diaryl/α,β-unsaturated/α-hetero) is 1. The van der Waals surface area contributed by atoms with Crippen molar-refractivity contribution in [3.63, 3.8) is 0 Å². The lowest BCUT2D eigenvalue weighted by atomic mass is 10.0. The number of carbonyl (C=O) groups excluding carboxylic acids is 1. The Hall–Kier alpha value is -3.00. The van der Waals surface area contributed by atoms with Crippen molar-refractivity contribution >= 4 is 17.5 Å². The summed E-state index contributed by atoms with van der Waals surface area (Å²) in [5.41, 5.74) is 2.54. The second kappa shape index (κ2) is 11.4. The zero-order valence-electron chi connectivity index (χ0n) is 20.9. The fourth-order valence-corrected chi connectivity index (χ4v) is 4.53. The van der Waals surface area contributed by atoms with E-state index in [9.17, 15) is 4.79 Å². The van der Waals surface area contributed by atoms with E-state index < -0.39 is 0 Å². The second-order valence-electron chi connectivity index (χ2n) is 8.63. The Labute approximate surface area is 205 Å². The number of nitrogens with zero attached hydrogens (tertiary/aromatic N) is 3. The third kappa shape index (κ3) is 6.11. The Morgan fingerprint density at radius 2 is 1.74 bits per heavy atom. The molecule has 0 saturated carbocycles. The quantitative estimate of drug-likeness (QED) is 0.256. The van der Waals surface area contributed by atoms with Crippen molar-refractivity contribution in [3.8, 4) is 17.2 Å². The highest BCUT2D eigenvalue weighted by molar-refractivity contribution is 7.99. The maximum Gasteiger partial charge on any atom is 0.191 e. The second-order valence-corrected chi connectivity index (χ2v) is 9.58. The van der Waals surface area contributed by atoms with Crippen LogP contribution in [-0.2, 0) is 6.54 Å². The molecular weight excluding hydrogens is 450 g/mol. The van der Waals surface area contributed by atoms with Crippen molar-refractivity contribution in [1.29, 1.82) is 0 Å². The Morgan fingerprint density at radius 3 is 2.41 bits per heavy atom. The molecule has 0 bridgehead atoms. The highest BCUT2D eigenvalue weighted by Gasteiger charge is 2.22. The first-order valence-electron chi connectivity index (χ1n) is 11.3. The normalized spacial score (nSPS) is 12.0. The van der Waals surface area contributed by atoms with E-state index in [1.165, 1.54) is 11.8 Å². The summed E-state index contributed by atoms with van der Waals surface area (Å²) in [6, 6.07) is 11.3. The van der Waals surface area contributed by atoms with Gasteiger partial charge in [0.1, 0.15) is 17.2 Å². The Kier molecular flexibility index (Phi) is 8.61. The van der Waals surface area contributed by atoms with Crippen molar-refractivity contribution in [2.75, 3.05) is 20.0 Å². The molecule has 0 radical (unpaired) electrons. The van der Waals surface area contributed by atoms with Crippen LogP contribution in [0, 0.1) is 19.8 Å². The minimum absolute atomic E-state index is 0.0505. The number of ketones is 1. The largest absolute Gasteiger partial charge is 0.497 e. The lowest BCUT2D eigenvalue weighted by molar-refractivity contribution is 0.102. The molecule has 0 aliphatic heterocycles. The van der Waals surface area contributed by atoms with Gasteiger partial charge in [0.25, 0.3) is 0 Å². The van der Waals surface area contributed by atoms with Crippen LogP contribution in [-0.4, -0.2) is 40.5 Å². The molecule has 1 heterocycles. The molecule has 3 aromatic rings. The molecule has 2 aromatic carbocycles. The molecule has 0 fully saturated rings. The summed E-state index contributed by atoms with van der Waals surface area (Å²) in [4.78, 5) is 13.0. The first-order valence-corrected chi connectivity index (χ1v) is 12.3. The highest BCUT2D eigenvalue weighted by Crippen LogP contribution is 2.29. The van der Waals surface area contributed by atoms with E-state index in [0.717, 1.165) is 35.0 Å². The number of aryl methyl sites for hydroxylation is 2. The van der Waals surface area contributed by atoms with Crippen molar-refractivity contribution in [1.82, 2.24) is 14.8 Å². The summed E-state index contributed by atoms with van der Waals surface area (Å²) in [5.74, 6) is 3.63. The summed E-state index contributed by atoms with van der Waals surface area (Å²) in [6.45, 7) is 10.8. The number of thioether (sulfide) groups is 1. The van der Waals surface area contributed by atoms with Crippen LogP contribution in [0.25, 0.3) is 0 Å². The van der Waals surface area contributed by atoms with Crippen LogP contribution in [0.5, 0.6) is 17.2 Å². The third-order valence-corrected chi connectivity index (χ3v) is 6.35. The van der Waals surface area contributed by atoms with Gasteiger partial charge in [0.05, 0.1) is 20.0 Å². The zero-order valence-corrected chi connectivity index (χ0v) is 21.7. The van der Waals surface area contributed by atoms with Gasteiger partial charge in [-0.15, -0.1) is 10.2 Å². The Bertz CT molecular complexity index is 1140. The predicted molar refractivity (Wildman–Crippen MR) is 134 cm³/mol. The van der Waals surface area contributed by atoms with Gasteiger partial charge in [-0.05, 0) is 62.1 Å². The van der Waals surface area contributed by atoms with Crippen LogP contribution in [0.2, 0.25) is 0 Å². The Morgan fingerprint density at radius 1 is 1.00 bits per heavy atom. The smallest absolute Gasteiger partial charge is 0.191 e. The van der Waals surface area contributed by atoms with Crippen molar-refractivity contribution in [3.05, 3.63) is 58.9 Å². The van der Waals surface area contributed by atoms with Gasteiger partial charge in [0.2, 0.25) is 0 Å². The van der Waals surface area contributed by atoms with Gasteiger partial charge < -0.3 is 18.8 Å². The van der Waals surface area contributed by atoms with E-state index in [-0.39, 0.29) is 17.6 Å². The summed E-state index contributed by atoms with van der Waals surface area (Å²) in [6.07, 6.45) is -0.324. The molecule has 34 heavy (non-hydrogen) atoms. The topological polar surface area (TPSA) is 75.5 Å². The monoisotopic (exact) mass is 483 g/mol. The van der Waals surface area contributed by atoms with Gasteiger partial charge in [-0.25, -0.2) is 0 Å². The number of benzene rings is 2. The SMILES string of the molecule is COc1cccc(OC(C)c2nnc(SCC(=O)c3cc(C)c(OC)cc3C)n2CC(C)C)c1. The number of hydrogen-bond donors (Lipinski definition) is 0. The number of carbonyl (C=O) groups is 1. The van der Waals surface area contributed by atoms with Gasteiger partial charge >= 0.3 is 0 Å². The minimum atomic E-state index is -0.324. The molecule has 1 atom stereocenters. The van der Waals surface area contributed by atoms with Crippen LogP contribution in [0.3, 0.4) is 0 Å². The standard InChI is InChI=1S/C26H33N3O4S/c1-16(2)14-29-25(19(5)33-21-10-8-9-20(13-21)31-6)27-28-26(29)34-15-23(30)22-11-18(4)24(32-7)12-17(22)3/h8-13,16,19H,14-15H2,1-7H3. The van der Waals surface area contributed by atoms with Gasteiger partial charge in [0, 0.05) is 18.2 Å². The van der Waals surface area contributed by atoms with Gasteiger partial charge in [-0.1, -0.05) is 31.7 Å². The van der Waals surface area contributed by atoms with E-state index >= 15 is 0 Å². The van der Waals surface area contributed by atoms with E-state index in [1.54, 1.807) is 14.2 Å². The molecule has 7 nitrogen and oxygen atoms in total. The Balaban J connectivity index is 1.78. The maximum atomic E-state index is 13.0. The fraction of sp³-hybridized carbons (Fsp3) is 0.423. The van der Waals surface area contributed by atoms with E-state index in [4.69, 9.17) is 14.2 Å². The van der Waals surface area contributed by atoms with E-state index in [0.29, 0.717) is 22.4 Å². The van der Waals surface area contributed by atoms with Crippen LogP contribution in [0.1, 0.15) is 54.2 Å². The van der Waals surface area contributed by atoms with Gasteiger partial charge in [-0.2, -0.15) is 0 Å². The number of methoxy groups -OCH3 is 2. The molecule has 8 heteroatoms. The predicted octanol–water partition coefficient (Wildman–Crippen LogP) is 5.68. The van der Waals surface area contributed by atoms with E-state index in [1.807, 2.05) is 57.2 Å². The summed E-state index contributed by atoms with van der Waals surface area (Å²) in [7, 11) is 3.26. The molecule has 3 rings (SSSR count). The van der Waals surface area contributed by atoms with Gasteiger partial charge in [-0.3, -0.25) is 4.79 Å². The van der Waals surface area contributed by atoms with Crippen LogP contribution >= 0.6 is 11.8 Å². The minimum Gasteiger partial charge on any atom is -0.497 e. The van der Waals surface area contributed by atoms with Crippen molar-refractivity contribution < 1.29 is 19.0 Å². The van der Waals surface area contributed by atoms with Crippen LogP contribution in [0.4, 0.5) is 0 Å². The molecule has 0 spiro atoms. The highest BCUT2D eigenvalue weighted by atomic mass is 32.2. The number of rotatable bonds is 11. The lowest BCUT2D eigenvalue weighted by Gasteiger charge is -2.18. The first-order chi connectivity index (χ1) is 16.2. The van der Waals surface area contributed by atoms with Crippen LogP contribution in [0.15, 0.2) is 41.6 Å². The third-order valence-electron chi connectivity index (χ3n) is 5.39. The average molecular weight is 484 g/mol. The summed E-state index contributed by atoms with van der Waals surface area (Å²) >= 11 is 1.40. The molecule has 0 aliphatic carbocycles. The molecule has 0 saturated heterocycles. The molecule has 182 valence electrons. The lowest BCUT2D eigenvalue weighted by Crippen LogP contribution is -2.16. The van der Waals surface area contributed by atoms with E-state index in [2.05, 4.69) is 28.6 Å². The molecule has 0 amide bonds. The molecule has 1 unspecified atom stereocenters. The summed E-state index contributed by atoms with van der Waals surface area (Å²) < 4.78 is 18.8. The number of ether oxygens (including phenoxy) is 3. The van der Waals surface area contributed by atoms with Crippen LogP contribution < -0.4 is 14.2 Å². The maximum absolute atomic E-state index is 13.0.